The molecule has 0 aliphatic heterocycles. The molecule has 2 rings (SSSR count). The maximum Gasteiger partial charge on any atom is 0.227 e. The summed E-state index contributed by atoms with van der Waals surface area (Å²) in [7, 11) is 1.60. The number of rotatable bonds is 7. The molecule has 1 heterocycles. The van der Waals surface area contributed by atoms with Crippen LogP contribution in [0.3, 0.4) is 0 Å². The van der Waals surface area contributed by atoms with E-state index in [1.54, 1.807) is 7.11 Å². The molecule has 6 nitrogen and oxygen atoms in total. The van der Waals surface area contributed by atoms with E-state index in [4.69, 9.17) is 9.26 Å². The van der Waals surface area contributed by atoms with E-state index in [1.807, 2.05) is 31.2 Å². The fourth-order valence-electron chi connectivity index (χ4n) is 1.93. The number of nitrogens with zero attached hydrogens (tertiary/aromatic N) is 2. The molecule has 0 saturated heterocycles. The highest BCUT2D eigenvalue weighted by molar-refractivity contribution is 14.1. The second-order valence-corrected chi connectivity index (χ2v) is 6.19. The molecule has 118 valence electrons. The average molecular weight is 415 g/mol. The predicted octanol–water partition coefficient (Wildman–Crippen LogP) is 2.42. The summed E-state index contributed by atoms with van der Waals surface area (Å²) >= 11 is 2.24. The first-order valence-electron chi connectivity index (χ1n) is 6.95. The lowest BCUT2D eigenvalue weighted by atomic mass is 10.2. The predicted molar refractivity (Wildman–Crippen MR) is 90.3 cm³/mol. The van der Waals surface area contributed by atoms with Gasteiger partial charge in [-0.1, -0.05) is 17.3 Å². The number of halogens is 1. The van der Waals surface area contributed by atoms with Gasteiger partial charge in [-0.2, -0.15) is 4.98 Å². The number of methoxy groups -OCH3 is 1. The fraction of sp³-hybridized carbons (Fsp3) is 0.400. The minimum atomic E-state index is -0.0569. The molecule has 0 fully saturated rings. The molecule has 7 heteroatoms. The van der Waals surface area contributed by atoms with Crippen molar-refractivity contribution in [3.8, 4) is 11.4 Å². The third-order valence-corrected chi connectivity index (χ3v) is 3.68. The molecule has 0 spiro atoms. The highest BCUT2D eigenvalue weighted by atomic mass is 127. The number of benzene rings is 1. The van der Waals surface area contributed by atoms with Gasteiger partial charge in [0.25, 0.3) is 0 Å². The van der Waals surface area contributed by atoms with Gasteiger partial charge in [-0.05, 0) is 41.6 Å². The van der Waals surface area contributed by atoms with Crippen LogP contribution in [0.1, 0.15) is 19.2 Å². The lowest BCUT2D eigenvalue weighted by molar-refractivity contribution is -0.122. The monoisotopic (exact) mass is 415 g/mol. The fourth-order valence-corrected chi connectivity index (χ4v) is 2.29. The van der Waals surface area contributed by atoms with E-state index in [9.17, 15) is 4.79 Å². The molecule has 0 aliphatic rings. The zero-order valence-electron chi connectivity index (χ0n) is 12.5. The van der Waals surface area contributed by atoms with Crippen LogP contribution in [-0.4, -0.2) is 35.8 Å². The largest absolute Gasteiger partial charge is 0.383 e. The molecule has 1 amide bonds. The first-order valence-corrected chi connectivity index (χ1v) is 8.03. The number of aryl methyl sites for hydroxylation is 1. The minimum absolute atomic E-state index is 0.0115. The quantitative estimate of drug-likeness (QED) is 0.703. The van der Waals surface area contributed by atoms with Crippen molar-refractivity contribution in [2.24, 2.45) is 0 Å². The summed E-state index contributed by atoms with van der Waals surface area (Å²) in [5, 5.41) is 6.79. The number of carbonyl (C=O) groups excluding carboxylic acids is 1. The number of ether oxygens (including phenoxy) is 1. The summed E-state index contributed by atoms with van der Waals surface area (Å²) in [5.74, 6) is 0.946. The number of nitrogens with one attached hydrogen (secondary N) is 1. The van der Waals surface area contributed by atoms with E-state index < -0.39 is 0 Å². The molecule has 1 N–H and O–H groups in total. The molecule has 0 bridgehead atoms. The molecule has 1 atom stereocenters. The molecule has 0 unspecified atom stereocenters. The first kappa shape index (κ1) is 16.9. The maximum atomic E-state index is 11.8. The van der Waals surface area contributed by atoms with E-state index in [-0.39, 0.29) is 11.9 Å². The third-order valence-electron chi connectivity index (χ3n) is 2.96. The Morgan fingerprint density at radius 2 is 2.14 bits per heavy atom. The Labute approximate surface area is 142 Å². The molecule has 1 aromatic heterocycles. The summed E-state index contributed by atoms with van der Waals surface area (Å²) in [6.45, 7) is 2.38. The van der Waals surface area contributed by atoms with Crippen molar-refractivity contribution in [1.29, 1.82) is 0 Å². The van der Waals surface area contributed by atoms with Gasteiger partial charge in [0, 0.05) is 35.1 Å². The van der Waals surface area contributed by atoms with Crippen LogP contribution in [0.2, 0.25) is 0 Å². The van der Waals surface area contributed by atoms with Crippen molar-refractivity contribution in [3.63, 3.8) is 0 Å². The Hall–Kier alpha value is -1.48. The highest BCUT2D eigenvalue weighted by Crippen LogP contribution is 2.17. The second kappa shape index (κ2) is 8.23. The summed E-state index contributed by atoms with van der Waals surface area (Å²) in [4.78, 5) is 16.1. The molecule has 0 saturated carbocycles. The highest BCUT2D eigenvalue weighted by Gasteiger charge is 2.12. The minimum Gasteiger partial charge on any atom is -0.383 e. The smallest absolute Gasteiger partial charge is 0.227 e. The zero-order chi connectivity index (χ0) is 15.9. The number of amides is 1. The average Bonchev–Trinajstić information content (AvgIpc) is 2.95. The van der Waals surface area contributed by atoms with E-state index in [0.717, 1.165) is 9.13 Å². The van der Waals surface area contributed by atoms with Crippen LogP contribution in [0.4, 0.5) is 0 Å². The first-order chi connectivity index (χ1) is 10.6. The Balaban J connectivity index is 1.87. The van der Waals surface area contributed by atoms with Crippen molar-refractivity contribution < 1.29 is 14.1 Å². The van der Waals surface area contributed by atoms with Gasteiger partial charge in [-0.15, -0.1) is 0 Å². The van der Waals surface area contributed by atoms with Crippen molar-refractivity contribution in [3.05, 3.63) is 33.7 Å². The zero-order valence-corrected chi connectivity index (χ0v) is 14.7. The lowest BCUT2D eigenvalue weighted by Crippen LogP contribution is -2.35. The van der Waals surface area contributed by atoms with Crippen molar-refractivity contribution in [2.75, 3.05) is 13.7 Å². The summed E-state index contributed by atoms with van der Waals surface area (Å²) in [6.07, 6.45) is 0.727. The van der Waals surface area contributed by atoms with Crippen LogP contribution in [0.15, 0.2) is 28.8 Å². The second-order valence-electron chi connectivity index (χ2n) is 4.94. The molecular weight excluding hydrogens is 397 g/mol. The van der Waals surface area contributed by atoms with Crippen LogP contribution >= 0.6 is 22.6 Å². The van der Waals surface area contributed by atoms with E-state index in [2.05, 4.69) is 38.0 Å². The van der Waals surface area contributed by atoms with E-state index in [0.29, 0.717) is 31.2 Å². The molecular formula is C15H18IN3O3. The van der Waals surface area contributed by atoms with Gasteiger partial charge in [0.2, 0.25) is 17.6 Å². The summed E-state index contributed by atoms with van der Waals surface area (Å²) in [6, 6.07) is 7.83. The van der Waals surface area contributed by atoms with E-state index in [1.165, 1.54) is 0 Å². The summed E-state index contributed by atoms with van der Waals surface area (Å²) < 4.78 is 11.3. The van der Waals surface area contributed by atoms with Gasteiger partial charge in [-0.25, -0.2) is 0 Å². The van der Waals surface area contributed by atoms with Gasteiger partial charge in [0.05, 0.1) is 6.61 Å². The molecule has 1 aromatic carbocycles. The number of carbonyl (C=O) groups is 1. The van der Waals surface area contributed by atoms with Crippen molar-refractivity contribution in [2.45, 2.75) is 25.8 Å². The van der Waals surface area contributed by atoms with Crippen LogP contribution in [0.25, 0.3) is 11.4 Å². The van der Waals surface area contributed by atoms with Crippen LogP contribution < -0.4 is 5.32 Å². The normalized spacial score (nSPS) is 12.1. The lowest BCUT2D eigenvalue weighted by Gasteiger charge is -2.11. The van der Waals surface area contributed by atoms with E-state index >= 15 is 0 Å². The summed E-state index contributed by atoms with van der Waals surface area (Å²) in [5.41, 5.74) is 0.897. The molecule has 0 radical (unpaired) electrons. The number of hydrogen-bond acceptors (Lipinski definition) is 5. The van der Waals surface area contributed by atoms with Gasteiger partial charge in [0.1, 0.15) is 0 Å². The molecule has 2 aromatic rings. The van der Waals surface area contributed by atoms with Crippen LogP contribution in [-0.2, 0) is 16.0 Å². The van der Waals surface area contributed by atoms with Gasteiger partial charge in [-0.3, -0.25) is 4.79 Å². The third kappa shape index (κ3) is 5.06. The Morgan fingerprint density at radius 3 is 2.82 bits per heavy atom. The van der Waals surface area contributed by atoms with Crippen LogP contribution in [0, 0.1) is 3.57 Å². The Bertz CT molecular complexity index is 613. The van der Waals surface area contributed by atoms with Gasteiger partial charge >= 0.3 is 0 Å². The Kier molecular flexibility index (Phi) is 6.32. The number of aromatic nitrogens is 2. The maximum absolute atomic E-state index is 11.8. The SMILES string of the molecule is COC[C@@H](C)NC(=O)CCc1nc(-c2ccc(I)cc2)no1. The van der Waals surface area contributed by atoms with Crippen molar-refractivity contribution in [1.82, 2.24) is 15.5 Å². The standard InChI is InChI=1S/C15H18IN3O3/c1-10(9-21-2)17-13(20)7-8-14-18-15(19-22-14)11-3-5-12(16)6-4-11/h3-6,10H,7-9H2,1-2H3,(H,17,20)/t10-/m1/s1. The molecule has 0 aliphatic carbocycles. The topological polar surface area (TPSA) is 77.2 Å². The van der Waals surface area contributed by atoms with Gasteiger partial charge < -0.3 is 14.6 Å². The Morgan fingerprint density at radius 1 is 1.41 bits per heavy atom. The van der Waals surface area contributed by atoms with Crippen LogP contribution in [0.5, 0.6) is 0 Å². The van der Waals surface area contributed by atoms with Crippen molar-refractivity contribution >= 4 is 28.5 Å². The number of hydrogen-bond donors (Lipinski definition) is 1. The molecule has 22 heavy (non-hydrogen) atoms. The van der Waals surface area contributed by atoms with Gasteiger partial charge in [0.15, 0.2) is 0 Å².